The number of hydrogen-bond acceptors (Lipinski definition) is 3. The van der Waals surface area contributed by atoms with Crippen molar-refractivity contribution in [3.8, 4) is 0 Å². The van der Waals surface area contributed by atoms with Crippen LogP contribution in [0.3, 0.4) is 0 Å². The minimum Gasteiger partial charge on any atom is -0.378 e. The second-order valence-corrected chi connectivity index (χ2v) is 4.79. The van der Waals surface area contributed by atoms with Gasteiger partial charge in [0.1, 0.15) is 6.10 Å². The third-order valence-corrected chi connectivity index (χ3v) is 3.41. The molecule has 2 saturated heterocycles. The third kappa shape index (κ3) is 2.44. The molecule has 4 atom stereocenters. The lowest BCUT2D eigenvalue weighted by Gasteiger charge is -2.19. The van der Waals surface area contributed by atoms with Crippen molar-refractivity contribution in [3.05, 3.63) is 0 Å². The third-order valence-electron chi connectivity index (χ3n) is 2.98. The molecule has 0 radical (unpaired) electrons. The Kier molecular flexibility index (Phi) is 3.49. The van der Waals surface area contributed by atoms with Crippen molar-refractivity contribution in [3.63, 3.8) is 0 Å². The molecule has 0 aromatic heterocycles. The monoisotopic (exact) mass is 233 g/mol. The van der Waals surface area contributed by atoms with Crippen LogP contribution in [0.15, 0.2) is 0 Å². The van der Waals surface area contributed by atoms with E-state index in [9.17, 15) is 4.79 Å². The number of hydrogen-bond donors (Lipinski definition) is 1. The Hall–Kier alpha value is -0.320. The van der Waals surface area contributed by atoms with Gasteiger partial charge in [0, 0.05) is 6.61 Å². The summed E-state index contributed by atoms with van der Waals surface area (Å²) in [5.41, 5.74) is 0. The van der Waals surface area contributed by atoms with Gasteiger partial charge in [0.2, 0.25) is 5.91 Å². The van der Waals surface area contributed by atoms with Crippen LogP contribution in [0.1, 0.15) is 13.3 Å². The highest BCUT2D eigenvalue weighted by atomic mass is 35.5. The number of ether oxygens (including phenoxy) is 2. The van der Waals surface area contributed by atoms with Crippen LogP contribution in [0.2, 0.25) is 0 Å². The van der Waals surface area contributed by atoms with Crippen molar-refractivity contribution in [2.24, 2.45) is 5.92 Å². The molecule has 0 aliphatic carbocycles. The van der Waals surface area contributed by atoms with Gasteiger partial charge in [-0.2, -0.15) is 0 Å². The van der Waals surface area contributed by atoms with E-state index in [-0.39, 0.29) is 23.4 Å². The van der Waals surface area contributed by atoms with Crippen LogP contribution in [0.4, 0.5) is 0 Å². The molecule has 2 aliphatic rings. The summed E-state index contributed by atoms with van der Waals surface area (Å²) >= 11 is 5.98. The van der Waals surface area contributed by atoms with Crippen LogP contribution in [-0.2, 0) is 14.3 Å². The zero-order valence-electron chi connectivity index (χ0n) is 8.74. The summed E-state index contributed by atoms with van der Waals surface area (Å²) in [4.78, 5) is 11.8. The maximum Gasteiger partial charge on any atom is 0.249 e. The van der Waals surface area contributed by atoms with Gasteiger partial charge in [-0.25, -0.2) is 0 Å². The second kappa shape index (κ2) is 4.68. The first-order chi connectivity index (χ1) is 7.18. The molecule has 1 amide bonds. The van der Waals surface area contributed by atoms with Crippen LogP contribution >= 0.6 is 11.6 Å². The Morgan fingerprint density at radius 1 is 1.47 bits per heavy atom. The molecule has 2 heterocycles. The molecule has 1 N–H and O–H groups in total. The molecular formula is C10H16ClNO3. The van der Waals surface area contributed by atoms with Gasteiger partial charge < -0.3 is 14.8 Å². The SMILES string of the molecule is CC1CCOC1C(=O)NC1COCC1Cl. The van der Waals surface area contributed by atoms with Gasteiger partial charge in [-0.3, -0.25) is 4.79 Å². The number of amides is 1. The first kappa shape index (κ1) is 11.2. The number of carbonyl (C=O) groups excluding carboxylic acids is 1. The fraction of sp³-hybridized carbons (Fsp3) is 0.900. The quantitative estimate of drug-likeness (QED) is 0.708. The van der Waals surface area contributed by atoms with Gasteiger partial charge in [-0.15, -0.1) is 11.6 Å². The Balaban J connectivity index is 1.86. The van der Waals surface area contributed by atoms with Gasteiger partial charge in [0.05, 0.1) is 24.6 Å². The lowest BCUT2D eigenvalue weighted by molar-refractivity contribution is -0.132. The summed E-state index contributed by atoms with van der Waals surface area (Å²) in [6.07, 6.45) is 0.637. The smallest absolute Gasteiger partial charge is 0.249 e. The van der Waals surface area contributed by atoms with E-state index >= 15 is 0 Å². The normalized spacial score (nSPS) is 40.7. The molecule has 0 aromatic rings. The van der Waals surface area contributed by atoms with Crippen molar-refractivity contribution in [2.45, 2.75) is 30.9 Å². The molecule has 0 aromatic carbocycles. The summed E-state index contributed by atoms with van der Waals surface area (Å²) in [7, 11) is 0. The molecule has 2 aliphatic heterocycles. The topological polar surface area (TPSA) is 47.6 Å². The summed E-state index contributed by atoms with van der Waals surface area (Å²) in [6.45, 7) is 3.71. The fourth-order valence-corrected chi connectivity index (χ4v) is 2.18. The average Bonchev–Trinajstić information content (AvgIpc) is 2.76. The van der Waals surface area contributed by atoms with Gasteiger partial charge in [-0.05, 0) is 12.3 Å². The van der Waals surface area contributed by atoms with Crippen molar-refractivity contribution in [1.82, 2.24) is 5.32 Å². The molecule has 15 heavy (non-hydrogen) atoms. The zero-order valence-corrected chi connectivity index (χ0v) is 9.50. The van der Waals surface area contributed by atoms with Gasteiger partial charge in [0.15, 0.2) is 0 Å². The molecular weight excluding hydrogens is 218 g/mol. The minimum absolute atomic E-state index is 0.0545. The lowest BCUT2D eigenvalue weighted by Crippen LogP contribution is -2.46. The highest BCUT2D eigenvalue weighted by molar-refractivity contribution is 6.21. The Bertz CT molecular complexity index is 249. The molecule has 86 valence electrons. The van der Waals surface area contributed by atoms with Crippen LogP contribution in [0.25, 0.3) is 0 Å². The van der Waals surface area contributed by atoms with Crippen LogP contribution in [0, 0.1) is 5.92 Å². The summed E-state index contributed by atoms with van der Waals surface area (Å²) < 4.78 is 10.5. The van der Waals surface area contributed by atoms with Crippen molar-refractivity contribution < 1.29 is 14.3 Å². The largest absolute Gasteiger partial charge is 0.378 e. The van der Waals surface area contributed by atoms with Crippen LogP contribution in [0.5, 0.6) is 0 Å². The lowest BCUT2D eigenvalue weighted by atomic mass is 10.0. The van der Waals surface area contributed by atoms with Crippen molar-refractivity contribution in [1.29, 1.82) is 0 Å². The Labute approximate surface area is 94.3 Å². The number of rotatable bonds is 2. The zero-order chi connectivity index (χ0) is 10.8. The molecule has 2 fully saturated rings. The van der Waals surface area contributed by atoms with Gasteiger partial charge in [-0.1, -0.05) is 6.92 Å². The van der Waals surface area contributed by atoms with E-state index < -0.39 is 0 Å². The number of nitrogens with one attached hydrogen (secondary N) is 1. The highest BCUT2D eigenvalue weighted by Gasteiger charge is 2.34. The minimum atomic E-state index is -0.311. The Morgan fingerprint density at radius 2 is 2.27 bits per heavy atom. The van der Waals surface area contributed by atoms with Gasteiger partial charge in [0.25, 0.3) is 0 Å². The molecule has 0 saturated carbocycles. The highest BCUT2D eigenvalue weighted by Crippen LogP contribution is 2.21. The van der Waals surface area contributed by atoms with Crippen molar-refractivity contribution in [2.75, 3.05) is 19.8 Å². The number of halogens is 1. The van der Waals surface area contributed by atoms with E-state index in [1.807, 2.05) is 6.92 Å². The number of carbonyl (C=O) groups is 1. The van der Waals surface area contributed by atoms with Crippen LogP contribution in [-0.4, -0.2) is 43.3 Å². The molecule has 5 heteroatoms. The van der Waals surface area contributed by atoms with E-state index in [0.717, 1.165) is 6.42 Å². The maximum absolute atomic E-state index is 11.8. The predicted molar refractivity (Wildman–Crippen MR) is 55.9 cm³/mol. The summed E-state index contributed by atoms with van der Waals surface area (Å²) in [5, 5.41) is 2.76. The summed E-state index contributed by atoms with van der Waals surface area (Å²) in [5.74, 6) is 0.238. The molecule has 0 bridgehead atoms. The van der Waals surface area contributed by atoms with Crippen LogP contribution < -0.4 is 5.32 Å². The van der Waals surface area contributed by atoms with Gasteiger partial charge >= 0.3 is 0 Å². The van der Waals surface area contributed by atoms with E-state index in [2.05, 4.69) is 5.32 Å². The standard InChI is InChI=1S/C10H16ClNO3/c1-6-2-3-15-9(6)10(13)12-8-5-14-4-7(8)11/h6-9H,2-5H2,1H3,(H,12,13). The second-order valence-electron chi connectivity index (χ2n) is 4.23. The molecule has 4 unspecified atom stereocenters. The van der Waals surface area contributed by atoms with E-state index in [4.69, 9.17) is 21.1 Å². The first-order valence-corrected chi connectivity index (χ1v) is 5.76. The van der Waals surface area contributed by atoms with E-state index in [1.54, 1.807) is 0 Å². The number of alkyl halides is 1. The molecule has 0 spiro atoms. The maximum atomic E-state index is 11.8. The summed E-state index contributed by atoms with van der Waals surface area (Å²) in [6, 6.07) is -0.0735. The molecule has 4 nitrogen and oxygen atoms in total. The van der Waals surface area contributed by atoms with Crippen molar-refractivity contribution >= 4 is 17.5 Å². The molecule has 2 rings (SSSR count). The fourth-order valence-electron chi connectivity index (χ4n) is 1.96. The van der Waals surface area contributed by atoms with E-state index in [0.29, 0.717) is 25.7 Å². The first-order valence-electron chi connectivity index (χ1n) is 5.32. The Morgan fingerprint density at radius 3 is 2.80 bits per heavy atom. The predicted octanol–water partition coefficient (Wildman–Crippen LogP) is 0.534. The van der Waals surface area contributed by atoms with E-state index in [1.165, 1.54) is 0 Å². The average molecular weight is 234 g/mol.